The lowest BCUT2D eigenvalue weighted by Crippen LogP contribution is -2.31. The number of nitrogens with one attached hydrogen (secondary N) is 1. The SMILES string of the molecule is CC[C@H](C)NS(=O)(=O)c1cnn(C)c1. The third kappa shape index (κ3) is 2.55. The molecule has 0 aliphatic heterocycles. The van der Waals surface area contributed by atoms with Crippen molar-refractivity contribution in [1.29, 1.82) is 0 Å². The summed E-state index contributed by atoms with van der Waals surface area (Å²) in [4.78, 5) is 0.209. The number of hydrogen-bond donors (Lipinski definition) is 1. The van der Waals surface area contributed by atoms with Crippen LogP contribution in [-0.4, -0.2) is 24.2 Å². The van der Waals surface area contributed by atoms with Gasteiger partial charge in [-0.25, -0.2) is 13.1 Å². The molecule has 1 N–H and O–H groups in total. The molecule has 0 aliphatic carbocycles. The molecule has 1 aromatic rings. The summed E-state index contributed by atoms with van der Waals surface area (Å²) in [5.74, 6) is 0. The molecule has 1 atom stereocenters. The van der Waals surface area contributed by atoms with E-state index in [0.717, 1.165) is 6.42 Å². The quantitative estimate of drug-likeness (QED) is 0.798. The van der Waals surface area contributed by atoms with E-state index >= 15 is 0 Å². The van der Waals surface area contributed by atoms with Crippen molar-refractivity contribution in [2.75, 3.05) is 0 Å². The van der Waals surface area contributed by atoms with Gasteiger partial charge < -0.3 is 0 Å². The smallest absolute Gasteiger partial charge is 0.243 e. The van der Waals surface area contributed by atoms with E-state index in [1.165, 1.54) is 17.1 Å². The Hall–Kier alpha value is -0.880. The van der Waals surface area contributed by atoms with E-state index in [4.69, 9.17) is 0 Å². The van der Waals surface area contributed by atoms with Crippen LogP contribution in [0.4, 0.5) is 0 Å². The van der Waals surface area contributed by atoms with Gasteiger partial charge in [-0.1, -0.05) is 6.92 Å². The van der Waals surface area contributed by atoms with E-state index < -0.39 is 10.0 Å². The number of nitrogens with zero attached hydrogens (tertiary/aromatic N) is 2. The first-order valence-corrected chi connectivity index (χ1v) is 5.95. The van der Waals surface area contributed by atoms with Gasteiger partial charge in [0.15, 0.2) is 0 Å². The molecule has 0 radical (unpaired) electrons. The zero-order chi connectivity index (χ0) is 10.8. The predicted octanol–water partition coefficient (Wildman–Crippen LogP) is 0.497. The minimum atomic E-state index is -3.38. The van der Waals surface area contributed by atoms with Crippen LogP contribution in [0.1, 0.15) is 20.3 Å². The maximum absolute atomic E-state index is 11.7. The first kappa shape index (κ1) is 11.2. The average Bonchev–Trinajstić information content (AvgIpc) is 2.51. The van der Waals surface area contributed by atoms with E-state index in [2.05, 4.69) is 9.82 Å². The summed E-state index contributed by atoms with van der Waals surface area (Å²) >= 11 is 0. The van der Waals surface area contributed by atoms with Gasteiger partial charge in [-0.2, -0.15) is 5.10 Å². The molecule has 0 bridgehead atoms. The summed E-state index contributed by atoms with van der Waals surface area (Å²) in [5, 5.41) is 3.81. The Kier molecular flexibility index (Phi) is 3.28. The van der Waals surface area contributed by atoms with Gasteiger partial charge in [0.1, 0.15) is 4.90 Å². The van der Waals surface area contributed by atoms with Crippen LogP contribution in [0.3, 0.4) is 0 Å². The fraction of sp³-hybridized carbons (Fsp3) is 0.625. The zero-order valence-electron chi connectivity index (χ0n) is 8.56. The van der Waals surface area contributed by atoms with Crippen molar-refractivity contribution >= 4 is 10.0 Å². The van der Waals surface area contributed by atoms with Gasteiger partial charge in [0.05, 0.1) is 6.20 Å². The van der Waals surface area contributed by atoms with Gasteiger partial charge in [-0.3, -0.25) is 4.68 Å². The number of sulfonamides is 1. The van der Waals surface area contributed by atoms with Gasteiger partial charge in [-0.15, -0.1) is 0 Å². The summed E-state index contributed by atoms with van der Waals surface area (Å²) in [6.45, 7) is 3.75. The Labute approximate surface area is 84.2 Å². The largest absolute Gasteiger partial charge is 0.274 e. The van der Waals surface area contributed by atoms with Gasteiger partial charge in [0.2, 0.25) is 10.0 Å². The van der Waals surface area contributed by atoms with Crippen LogP contribution < -0.4 is 4.72 Å². The summed E-state index contributed by atoms with van der Waals surface area (Å²) in [6, 6.07) is -0.0554. The molecular weight excluding hydrogens is 202 g/mol. The van der Waals surface area contributed by atoms with Crippen LogP contribution in [0.15, 0.2) is 17.3 Å². The molecular formula is C8H15N3O2S. The van der Waals surface area contributed by atoms with Crippen LogP contribution >= 0.6 is 0 Å². The number of hydrogen-bond acceptors (Lipinski definition) is 3. The Morgan fingerprint density at radius 1 is 1.64 bits per heavy atom. The van der Waals surface area contributed by atoms with Crippen LogP contribution in [-0.2, 0) is 17.1 Å². The molecule has 0 amide bonds. The van der Waals surface area contributed by atoms with E-state index in [0.29, 0.717) is 0 Å². The van der Waals surface area contributed by atoms with E-state index in [1.54, 1.807) is 7.05 Å². The molecule has 0 saturated carbocycles. The molecule has 0 aromatic carbocycles. The topological polar surface area (TPSA) is 64.0 Å². The molecule has 0 saturated heterocycles. The fourth-order valence-corrected chi connectivity index (χ4v) is 2.26. The highest BCUT2D eigenvalue weighted by Gasteiger charge is 2.17. The van der Waals surface area contributed by atoms with Crippen molar-refractivity contribution in [2.45, 2.75) is 31.2 Å². The van der Waals surface area contributed by atoms with Crippen molar-refractivity contribution in [3.05, 3.63) is 12.4 Å². The summed E-state index contributed by atoms with van der Waals surface area (Å²) < 4.78 is 27.3. The Bertz CT molecular complexity index is 396. The standard InChI is InChI=1S/C8H15N3O2S/c1-4-7(2)10-14(12,13)8-5-9-11(3)6-8/h5-7,10H,4H2,1-3H3/t7-/m0/s1. The average molecular weight is 217 g/mol. The maximum atomic E-state index is 11.7. The van der Waals surface area contributed by atoms with Crippen LogP contribution in [0, 0.1) is 0 Å². The second kappa shape index (κ2) is 4.10. The highest BCUT2D eigenvalue weighted by molar-refractivity contribution is 7.89. The molecule has 6 heteroatoms. The minimum absolute atomic E-state index is 0.0554. The second-order valence-corrected chi connectivity index (χ2v) is 4.99. The predicted molar refractivity (Wildman–Crippen MR) is 53.3 cm³/mol. The molecule has 14 heavy (non-hydrogen) atoms. The Morgan fingerprint density at radius 3 is 2.71 bits per heavy atom. The van der Waals surface area contributed by atoms with Crippen molar-refractivity contribution in [2.24, 2.45) is 7.05 Å². The normalized spacial score (nSPS) is 14.2. The molecule has 5 nitrogen and oxygen atoms in total. The van der Waals surface area contributed by atoms with Crippen LogP contribution in [0.2, 0.25) is 0 Å². The molecule has 1 heterocycles. The van der Waals surface area contributed by atoms with Crippen LogP contribution in [0.25, 0.3) is 0 Å². The molecule has 0 aliphatic rings. The monoisotopic (exact) mass is 217 g/mol. The third-order valence-corrected chi connectivity index (χ3v) is 3.50. The van der Waals surface area contributed by atoms with E-state index in [-0.39, 0.29) is 10.9 Å². The molecule has 0 spiro atoms. The van der Waals surface area contributed by atoms with Crippen molar-refractivity contribution in [3.8, 4) is 0 Å². The van der Waals surface area contributed by atoms with Crippen LogP contribution in [0.5, 0.6) is 0 Å². The summed E-state index contributed by atoms with van der Waals surface area (Å²) in [5.41, 5.74) is 0. The lowest BCUT2D eigenvalue weighted by Gasteiger charge is -2.09. The number of aromatic nitrogens is 2. The Morgan fingerprint density at radius 2 is 2.29 bits per heavy atom. The van der Waals surface area contributed by atoms with Gasteiger partial charge in [0.25, 0.3) is 0 Å². The third-order valence-electron chi connectivity index (χ3n) is 1.96. The highest BCUT2D eigenvalue weighted by Crippen LogP contribution is 2.07. The highest BCUT2D eigenvalue weighted by atomic mass is 32.2. The summed E-state index contributed by atoms with van der Waals surface area (Å²) in [6.07, 6.45) is 3.58. The Balaban J connectivity index is 2.86. The summed E-state index contributed by atoms with van der Waals surface area (Å²) in [7, 11) is -1.70. The van der Waals surface area contributed by atoms with Crippen molar-refractivity contribution in [3.63, 3.8) is 0 Å². The number of aryl methyl sites for hydroxylation is 1. The lowest BCUT2D eigenvalue weighted by atomic mass is 10.3. The molecule has 1 rings (SSSR count). The minimum Gasteiger partial charge on any atom is -0.274 e. The van der Waals surface area contributed by atoms with Gasteiger partial charge >= 0.3 is 0 Å². The van der Waals surface area contributed by atoms with Crippen molar-refractivity contribution < 1.29 is 8.42 Å². The van der Waals surface area contributed by atoms with E-state index in [1.807, 2.05) is 13.8 Å². The zero-order valence-corrected chi connectivity index (χ0v) is 9.37. The first-order valence-electron chi connectivity index (χ1n) is 4.46. The fourth-order valence-electron chi connectivity index (χ4n) is 0.954. The van der Waals surface area contributed by atoms with E-state index in [9.17, 15) is 8.42 Å². The van der Waals surface area contributed by atoms with Gasteiger partial charge in [0, 0.05) is 19.3 Å². The molecule has 80 valence electrons. The lowest BCUT2D eigenvalue weighted by molar-refractivity contribution is 0.555. The maximum Gasteiger partial charge on any atom is 0.243 e. The van der Waals surface area contributed by atoms with Gasteiger partial charge in [-0.05, 0) is 13.3 Å². The molecule has 0 unspecified atom stereocenters. The number of rotatable bonds is 4. The van der Waals surface area contributed by atoms with Crippen molar-refractivity contribution in [1.82, 2.24) is 14.5 Å². The first-order chi connectivity index (χ1) is 6.45. The molecule has 0 fully saturated rings. The second-order valence-electron chi connectivity index (χ2n) is 3.28. The molecule has 1 aromatic heterocycles.